The van der Waals surface area contributed by atoms with Gasteiger partial charge >= 0.3 is 0 Å². The molecule has 1 saturated heterocycles. The van der Waals surface area contributed by atoms with Crippen LogP contribution < -0.4 is 10.6 Å². The topological polar surface area (TPSA) is 45.4 Å². The zero-order chi connectivity index (χ0) is 13.0. The molecule has 1 fully saturated rings. The smallest absolute Gasteiger partial charge is 0.185 e. The number of hydrogen-bond acceptors (Lipinski definition) is 5. The lowest BCUT2D eigenvalue weighted by Gasteiger charge is -2.35. The molecule has 0 aromatic carbocycles. The van der Waals surface area contributed by atoms with E-state index in [0.717, 1.165) is 45.7 Å². The van der Waals surface area contributed by atoms with Crippen LogP contribution in [0.25, 0.3) is 0 Å². The first-order valence-electron chi connectivity index (χ1n) is 6.84. The Balaban J connectivity index is 1.82. The van der Waals surface area contributed by atoms with E-state index in [4.69, 9.17) is 5.73 Å². The largest absolute Gasteiger partial charge is 0.346 e. The molecule has 1 aromatic heterocycles. The first-order valence-corrected chi connectivity index (χ1v) is 7.72. The average Bonchev–Trinajstić information content (AvgIpc) is 2.88. The molecule has 5 heteroatoms. The van der Waals surface area contributed by atoms with Gasteiger partial charge in [0.05, 0.1) is 5.69 Å². The standard InChI is InChI=1S/C13H24N4S/c1-3-12-10-18-13(15-12)17-6-4-16(5-7-17)9-11(2)8-14/h10-11H,3-9,14H2,1-2H3. The monoisotopic (exact) mass is 268 g/mol. The van der Waals surface area contributed by atoms with Crippen LogP contribution in [0.15, 0.2) is 5.38 Å². The Labute approximate surface area is 114 Å². The van der Waals surface area contributed by atoms with E-state index in [2.05, 4.69) is 34.0 Å². The molecule has 1 aliphatic heterocycles. The first-order chi connectivity index (χ1) is 8.72. The van der Waals surface area contributed by atoms with Gasteiger partial charge in [-0.15, -0.1) is 11.3 Å². The van der Waals surface area contributed by atoms with Crippen molar-refractivity contribution in [2.24, 2.45) is 11.7 Å². The molecule has 0 bridgehead atoms. The highest BCUT2D eigenvalue weighted by Crippen LogP contribution is 2.22. The lowest BCUT2D eigenvalue weighted by atomic mass is 10.1. The Kier molecular flexibility index (Phi) is 4.97. The Morgan fingerprint density at radius 3 is 2.67 bits per heavy atom. The van der Waals surface area contributed by atoms with Crippen molar-refractivity contribution in [1.82, 2.24) is 9.88 Å². The van der Waals surface area contributed by atoms with Gasteiger partial charge in [0.1, 0.15) is 0 Å². The molecular weight excluding hydrogens is 244 g/mol. The summed E-state index contributed by atoms with van der Waals surface area (Å²) in [5.41, 5.74) is 6.90. The van der Waals surface area contributed by atoms with Crippen molar-refractivity contribution in [3.8, 4) is 0 Å². The number of thiazole rings is 1. The van der Waals surface area contributed by atoms with Crippen LogP contribution in [0.2, 0.25) is 0 Å². The van der Waals surface area contributed by atoms with Crippen LogP contribution in [0, 0.1) is 5.92 Å². The van der Waals surface area contributed by atoms with Gasteiger partial charge in [0.15, 0.2) is 5.13 Å². The van der Waals surface area contributed by atoms with Crippen LogP contribution in [-0.2, 0) is 6.42 Å². The second-order valence-corrected chi connectivity index (χ2v) is 5.94. The number of nitrogens with two attached hydrogens (primary N) is 1. The van der Waals surface area contributed by atoms with Crippen LogP contribution in [0.3, 0.4) is 0 Å². The minimum Gasteiger partial charge on any atom is -0.346 e. The number of rotatable bonds is 5. The predicted octanol–water partition coefficient (Wildman–Crippen LogP) is 1.42. The van der Waals surface area contributed by atoms with E-state index in [0.29, 0.717) is 5.92 Å². The van der Waals surface area contributed by atoms with Gasteiger partial charge in [0.2, 0.25) is 0 Å². The molecule has 0 radical (unpaired) electrons. The summed E-state index contributed by atoms with van der Waals surface area (Å²) >= 11 is 1.78. The normalized spacial score (nSPS) is 19.2. The second-order valence-electron chi connectivity index (χ2n) is 5.10. The molecule has 0 amide bonds. The van der Waals surface area contributed by atoms with E-state index >= 15 is 0 Å². The minimum atomic E-state index is 0.600. The minimum absolute atomic E-state index is 0.600. The SMILES string of the molecule is CCc1csc(N2CCN(CC(C)CN)CC2)n1. The fraction of sp³-hybridized carbons (Fsp3) is 0.769. The molecule has 2 N–H and O–H groups in total. The molecular formula is C13H24N4S. The predicted molar refractivity (Wildman–Crippen MR) is 78.4 cm³/mol. The van der Waals surface area contributed by atoms with Gasteiger partial charge < -0.3 is 10.6 Å². The Morgan fingerprint density at radius 1 is 1.39 bits per heavy atom. The van der Waals surface area contributed by atoms with Crippen molar-refractivity contribution in [3.63, 3.8) is 0 Å². The number of anilines is 1. The third-order valence-electron chi connectivity index (χ3n) is 3.52. The molecule has 2 heterocycles. The van der Waals surface area contributed by atoms with Crippen molar-refractivity contribution < 1.29 is 0 Å². The average molecular weight is 268 g/mol. The van der Waals surface area contributed by atoms with Gasteiger partial charge in [-0.3, -0.25) is 4.90 Å². The summed E-state index contributed by atoms with van der Waals surface area (Å²) < 4.78 is 0. The van der Waals surface area contributed by atoms with Crippen LogP contribution >= 0.6 is 11.3 Å². The zero-order valence-corrected chi connectivity index (χ0v) is 12.2. The van der Waals surface area contributed by atoms with Gasteiger partial charge in [-0.25, -0.2) is 4.98 Å². The Bertz CT molecular complexity index is 358. The summed E-state index contributed by atoms with van der Waals surface area (Å²) in [6, 6.07) is 0. The van der Waals surface area contributed by atoms with E-state index in [1.54, 1.807) is 11.3 Å². The molecule has 102 valence electrons. The number of aromatic nitrogens is 1. The Hall–Kier alpha value is -0.650. The molecule has 1 aromatic rings. The maximum Gasteiger partial charge on any atom is 0.185 e. The van der Waals surface area contributed by atoms with E-state index in [1.165, 1.54) is 10.8 Å². The van der Waals surface area contributed by atoms with Crippen LogP contribution in [0.4, 0.5) is 5.13 Å². The first kappa shape index (κ1) is 13.8. The second kappa shape index (κ2) is 6.50. The van der Waals surface area contributed by atoms with Gasteiger partial charge in [0, 0.05) is 38.1 Å². The number of nitrogens with zero attached hydrogens (tertiary/aromatic N) is 3. The van der Waals surface area contributed by atoms with E-state index in [-0.39, 0.29) is 0 Å². The maximum atomic E-state index is 5.68. The summed E-state index contributed by atoms with van der Waals surface area (Å²) in [6.45, 7) is 10.7. The van der Waals surface area contributed by atoms with Crippen molar-refractivity contribution in [3.05, 3.63) is 11.1 Å². The molecule has 0 aliphatic carbocycles. The number of piperazine rings is 1. The van der Waals surface area contributed by atoms with E-state index in [9.17, 15) is 0 Å². The van der Waals surface area contributed by atoms with Crippen LogP contribution in [0.5, 0.6) is 0 Å². The summed E-state index contributed by atoms with van der Waals surface area (Å²) in [5.74, 6) is 0.600. The van der Waals surface area contributed by atoms with Crippen LogP contribution in [0.1, 0.15) is 19.5 Å². The third-order valence-corrected chi connectivity index (χ3v) is 4.47. The Morgan fingerprint density at radius 2 is 2.11 bits per heavy atom. The lowest BCUT2D eigenvalue weighted by Crippen LogP contribution is -2.48. The highest BCUT2D eigenvalue weighted by Gasteiger charge is 2.20. The highest BCUT2D eigenvalue weighted by molar-refractivity contribution is 7.13. The molecule has 1 aliphatic rings. The van der Waals surface area contributed by atoms with Gasteiger partial charge in [-0.2, -0.15) is 0 Å². The fourth-order valence-electron chi connectivity index (χ4n) is 2.24. The maximum absolute atomic E-state index is 5.68. The van der Waals surface area contributed by atoms with E-state index in [1.807, 2.05) is 0 Å². The summed E-state index contributed by atoms with van der Waals surface area (Å²) in [4.78, 5) is 9.59. The number of aryl methyl sites for hydroxylation is 1. The number of hydrogen-bond donors (Lipinski definition) is 1. The molecule has 0 spiro atoms. The van der Waals surface area contributed by atoms with Gasteiger partial charge in [-0.05, 0) is 18.9 Å². The quantitative estimate of drug-likeness (QED) is 0.877. The molecule has 18 heavy (non-hydrogen) atoms. The van der Waals surface area contributed by atoms with Crippen molar-refractivity contribution in [2.45, 2.75) is 20.3 Å². The van der Waals surface area contributed by atoms with Crippen molar-refractivity contribution in [2.75, 3.05) is 44.2 Å². The van der Waals surface area contributed by atoms with Gasteiger partial charge in [0.25, 0.3) is 0 Å². The lowest BCUT2D eigenvalue weighted by molar-refractivity contribution is 0.227. The fourth-order valence-corrected chi connectivity index (χ4v) is 3.20. The molecule has 2 rings (SSSR count). The summed E-state index contributed by atoms with van der Waals surface area (Å²) in [6.07, 6.45) is 1.03. The summed E-state index contributed by atoms with van der Waals surface area (Å²) in [7, 11) is 0. The molecule has 0 saturated carbocycles. The van der Waals surface area contributed by atoms with Gasteiger partial charge in [-0.1, -0.05) is 13.8 Å². The molecule has 4 nitrogen and oxygen atoms in total. The van der Waals surface area contributed by atoms with Crippen LogP contribution in [-0.4, -0.2) is 49.2 Å². The summed E-state index contributed by atoms with van der Waals surface area (Å²) in [5, 5.41) is 3.37. The molecule has 1 atom stereocenters. The van der Waals surface area contributed by atoms with E-state index < -0.39 is 0 Å². The highest BCUT2D eigenvalue weighted by atomic mass is 32.1. The zero-order valence-electron chi connectivity index (χ0n) is 11.4. The molecule has 1 unspecified atom stereocenters. The third kappa shape index (κ3) is 3.43. The van der Waals surface area contributed by atoms with Crippen molar-refractivity contribution in [1.29, 1.82) is 0 Å². The van der Waals surface area contributed by atoms with Crippen molar-refractivity contribution >= 4 is 16.5 Å².